The second-order valence-corrected chi connectivity index (χ2v) is 2.40. The minimum atomic E-state index is -0.476. The molecule has 0 spiro atoms. The molecule has 0 unspecified atom stereocenters. The van der Waals surface area contributed by atoms with E-state index in [4.69, 9.17) is 4.74 Å². The summed E-state index contributed by atoms with van der Waals surface area (Å²) in [7, 11) is 0. The van der Waals surface area contributed by atoms with Gasteiger partial charge < -0.3 is 9.47 Å². The summed E-state index contributed by atoms with van der Waals surface area (Å²) in [5.41, 5.74) is 0. The Morgan fingerprint density at radius 3 is 2.36 bits per heavy atom. The fraction of sp³-hybridized carbons (Fsp3) is 0.400. The number of rotatable bonds is 8. The minimum Gasteiger partial charge on any atom is -0.460 e. The van der Waals surface area contributed by atoms with Crippen molar-refractivity contribution in [3.63, 3.8) is 0 Å². The predicted octanol–water partition coefficient (Wildman–Crippen LogP) is 0.877. The van der Waals surface area contributed by atoms with Gasteiger partial charge in [0.15, 0.2) is 5.78 Å². The highest BCUT2D eigenvalue weighted by Crippen LogP contribution is 1.87. The molecule has 0 atom stereocenters. The molecule has 0 saturated carbocycles. The summed E-state index contributed by atoms with van der Waals surface area (Å²) in [6, 6.07) is 0. The van der Waals surface area contributed by atoms with Gasteiger partial charge in [0.1, 0.15) is 6.61 Å². The molecule has 0 aliphatic carbocycles. The van der Waals surface area contributed by atoms with Crippen LogP contribution < -0.4 is 0 Å². The first kappa shape index (κ1) is 12.6. The summed E-state index contributed by atoms with van der Waals surface area (Å²) in [6.45, 7) is 7.33. The van der Waals surface area contributed by atoms with Crippen molar-refractivity contribution in [2.75, 3.05) is 19.8 Å². The molecule has 0 aromatic rings. The SMILES string of the molecule is C=CC(=O)CCOCCOC(=O)C=C. The van der Waals surface area contributed by atoms with E-state index in [1.165, 1.54) is 6.08 Å². The van der Waals surface area contributed by atoms with Gasteiger partial charge in [-0.3, -0.25) is 4.79 Å². The highest BCUT2D eigenvalue weighted by molar-refractivity contribution is 5.89. The van der Waals surface area contributed by atoms with Crippen LogP contribution >= 0.6 is 0 Å². The van der Waals surface area contributed by atoms with E-state index in [9.17, 15) is 9.59 Å². The Hall–Kier alpha value is -1.42. The molecule has 0 fully saturated rings. The van der Waals surface area contributed by atoms with Crippen LogP contribution in [0.3, 0.4) is 0 Å². The number of hydrogen-bond acceptors (Lipinski definition) is 4. The van der Waals surface area contributed by atoms with Crippen LogP contribution in [0.2, 0.25) is 0 Å². The molecule has 4 heteroatoms. The topological polar surface area (TPSA) is 52.6 Å². The summed E-state index contributed by atoms with van der Waals surface area (Å²) >= 11 is 0. The fourth-order valence-corrected chi connectivity index (χ4v) is 0.637. The highest BCUT2D eigenvalue weighted by Gasteiger charge is 1.97. The second-order valence-electron chi connectivity index (χ2n) is 2.40. The van der Waals surface area contributed by atoms with Crippen LogP contribution in [-0.2, 0) is 19.1 Å². The van der Waals surface area contributed by atoms with Crippen LogP contribution in [-0.4, -0.2) is 31.6 Å². The van der Waals surface area contributed by atoms with E-state index in [0.29, 0.717) is 13.0 Å². The average molecular weight is 198 g/mol. The monoisotopic (exact) mass is 198 g/mol. The average Bonchev–Trinajstić information content (AvgIpc) is 2.22. The summed E-state index contributed by atoms with van der Waals surface area (Å²) in [4.78, 5) is 21.2. The van der Waals surface area contributed by atoms with Crippen LogP contribution in [0.4, 0.5) is 0 Å². The fourth-order valence-electron chi connectivity index (χ4n) is 0.637. The van der Waals surface area contributed by atoms with Crippen LogP contribution in [0.25, 0.3) is 0 Å². The van der Waals surface area contributed by atoms with Gasteiger partial charge in [-0.15, -0.1) is 0 Å². The third-order valence-corrected chi connectivity index (χ3v) is 1.36. The number of ether oxygens (including phenoxy) is 2. The maximum Gasteiger partial charge on any atom is 0.330 e. The first-order valence-corrected chi connectivity index (χ1v) is 4.23. The quantitative estimate of drug-likeness (QED) is 0.330. The molecule has 0 rings (SSSR count). The zero-order valence-electron chi connectivity index (χ0n) is 8.03. The molecule has 0 aromatic heterocycles. The molecule has 0 amide bonds. The van der Waals surface area contributed by atoms with Crippen molar-refractivity contribution in [1.82, 2.24) is 0 Å². The van der Waals surface area contributed by atoms with Crippen molar-refractivity contribution < 1.29 is 19.1 Å². The number of carbonyl (C=O) groups is 2. The Morgan fingerprint density at radius 2 is 1.79 bits per heavy atom. The Morgan fingerprint density at radius 1 is 1.07 bits per heavy atom. The van der Waals surface area contributed by atoms with E-state index in [0.717, 1.165) is 6.08 Å². The molecule has 78 valence electrons. The van der Waals surface area contributed by atoms with Gasteiger partial charge in [-0.05, 0) is 6.08 Å². The summed E-state index contributed by atoms with van der Waals surface area (Å²) in [5, 5.41) is 0. The number of esters is 1. The smallest absolute Gasteiger partial charge is 0.330 e. The number of carbonyl (C=O) groups excluding carboxylic acids is 2. The summed E-state index contributed by atoms with van der Waals surface area (Å²) < 4.78 is 9.66. The highest BCUT2D eigenvalue weighted by atomic mass is 16.6. The number of hydrogen-bond donors (Lipinski definition) is 0. The van der Waals surface area contributed by atoms with Crippen molar-refractivity contribution >= 4 is 11.8 Å². The number of allylic oxidation sites excluding steroid dienone is 1. The molecule has 0 aliphatic heterocycles. The third-order valence-electron chi connectivity index (χ3n) is 1.36. The summed E-state index contributed by atoms with van der Waals surface area (Å²) in [6.07, 6.45) is 2.64. The molecule has 0 N–H and O–H groups in total. The lowest BCUT2D eigenvalue weighted by atomic mass is 10.3. The molecule has 0 aromatic carbocycles. The van der Waals surface area contributed by atoms with Gasteiger partial charge in [-0.2, -0.15) is 0 Å². The Balaban J connectivity index is 3.21. The maximum atomic E-state index is 10.7. The Kier molecular flexibility index (Phi) is 7.36. The van der Waals surface area contributed by atoms with Gasteiger partial charge in [0.2, 0.25) is 0 Å². The third kappa shape index (κ3) is 7.24. The van der Waals surface area contributed by atoms with E-state index in [2.05, 4.69) is 17.9 Å². The Labute approximate surface area is 83.2 Å². The van der Waals surface area contributed by atoms with Gasteiger partial charge in [0.25, 0.3) is 0 Å². The molecular weight excluding hydrogens is 184 g/mol. The van der Waals surface area contributed by atoms with Crippen LogP contribution in [0.1, 0.15) is 6.42 Å². The number of ketones is 1. The zero-order valence-corrected chi connectivity index (χ0v) is 8.03. The molecule has 0 radical (unpaired) electrons. The maximum absolute atomic E-state index is 10.7. The molecule has 4 nitrogen and oxygen atoms in total. The largest absolute Gasteiger partial charge is 0.460 e. The molecule has 14 heavy (non-hydrogen) atoms. The van der Waals surface area contributed by atoms with Crippen LogP contribution in [0.5, 0.6) is 0 Å². The van der Waals surface area contributed by atoms with Gasteiger partial charge in [0.05, 0.1) is 13.2 Å². The van der Waals surface area contributed by atoms with Crippen molar-refractivity contribution in [3.8, 4) is 0 Å². The van der Waals surface area contributed by atoms with E-state index in [1.54, 1.807) is 0 Å². The van der Waals surface area contributed by atoms with E-state index in [-0.39, 0.29) is 19.0 Å². The summed E-state index contributed by atoms with van der Waals surface area (Å²) in [5.74, 6) is -0.538. The van der Waals surface area contributed by atoms with Gasteiger partial charge in [-0.1, -0.05) is 13.2 Å². The van der Waals surface area contributed by atoms with Crippen molar-refractivity contribution in [1.29, 1.82) is 0 Å². The van der Waals surface area contributed by atoms with E-state index >= 15 is 0 Å². The molecule has 0 heterocycles. The normalized spacial score (nSPS) is 9.14. The Bertz CT molecular complexity index is 196. The van der Waals surface area contributed by atoms with E-state index < -0.39 is 5.97 Å². The van der Waals surface area contributed by atoms with Crippen molar-refractivity contribution in [2.24, 2.45) is 0 Å². The zero-order chi connectivity index (χ0) is 10.8. The van der Waals surface area contributed by atoms with Gasteiger partial charge >= 0.3 is 5.97 Å². The van der Waals surface area contributed by atoms with Crippen LogP contribution in [0.15, 0.2) is 25.3 Å². The first-order valence-electron chi connectivity index (χ1n) is 4.23. The lowest BCUT2D eigenvalue weighted by Crippen LogP contribution is -2.10. The van der Waals surface area contributed by atoms with Crippen molar-refractivity contribution in [3.05, 3.63) is 25.3 Å². The molecule has 0 bridgehead atoms. The second kappa shape index (κ2) is 8.19. The predicted molar refractivity (Wildman–Crippen MR) is 51.8 cm³/mol. The van der Waals surface area contributed by atoms with E-state index in [1.807, 2.05) is 0 Å². The molecule has 0 saturated heterocycles. The van der Waals surface area contributed by atoms with Gasteiger partial charge in [0, 0.05) is 12.5 Å². The standard InChI is InChI=1S/C10H14O4/c1-3-9(11)5-6-13-7-8-14-10(12)4-2/h3-4H,1-2,5-8H2. The lowest BCUT2D eigenvalue weighted by molar-refractivity contribution is -0.139. The van der Waals surface area contributed by atoms with Gasteiger partial charge in [-0.25, -0.2) is 4.79 Å². The van der Waals surface area contributed by atoms with Crippen LogP contribution in [0, 0.1) is 0 Å². The minimum absolute atomic E-state index is 0.0620. The molecule has 0 aliphatic rings. The molecular formula is C10H14O4. The first-order chi connectivity index (χ1) is 6.70. The lowest BCUT2D eigenvalue weighted by Gasteiger charge is -2.02. The van der Waals surface area contributed by atoms with Crippen molar-refractivity contribution in [2.45, 2.75) is 6.42 Å².